The minimum atomic E-state index is 0.796. The SMILES string of the molecule is CCCCCCCCCCCCCCCCCCN(CC(C)C)CC(C)C. The Morgan fingerprint density at radius 1 is 0.444 bits per heavy atom. The topological polar surface area (TPSA) is 3.24 Å². The molecule has 27 heavy (non-hydrogen) atoms. The van der Waals surface area contributed by atoms with Crippen LogP contribution >= 0.6 is 0 Å². The molecule has 0 aromatic carbocycles. The maximum absolute atomic E-state index is 2.69. The minimum Gasteiger partial charge on any atom is -0.303 e. The molecule has 0 aliphatic carbocycles. The molecule has 0 atom stereocenters. The highest BCUT2D eigenvalue weighted by molar-refractivity contribution is 4.63. The van der Waals surface area contributed by atoms with Crippen molar-refractivity contribution < 1.29 is 0 Å². The van der Waals surface area contributed by atoms with Gasteiger partial charge in [-0.3, -0.25) is 0 Å². The third kappa shape index (κ3) is 22.1. The highest BCUT2D eigenvalue weighted by Gasteiger charge is 2.08. The predicted octanol–water partition coefficient (Wildman–Crippen LogP) is 8.86. The molecular weight excluding hydrogens is 326 g/mol. The van der Waals surface area contributed by atoms with E-state index in [1.165, 1.54) is 122 Å². The molecule has 1 nitrogen and oxygen atoms in total. The summed E-state index contributed by atoms with van der Waals surface area (Å²) in [5.74, 6) is 1.59. The van der Waals surface area contributed by atoms with Gasteiger partial charge in [-0.2, -0.15) is 0 Å². The Morgan fingerprint density at radius 3 is 1.04 bits per heavy atom. The van der Waals surface area contributed by atoms with E-state index in [2.05, 4.69) is 39.5 Å². The molecular formula is C26H55N. The fraction of sp³-hybridized carbons (Fsp3) is 1.00. The van der Waals surface area contributed by atoms with Gasteiger partial charge in [-0.25, -0.2) is 0 Å². The Kier molecular flexibility index (Phi) is 20.7. The lowest BCUT2D eigenvalue weighted by Gasteiger charge is -2.26. The van der Waals surface area contributed by atoms with Gasteiger partial charge in [-0.15, -0.1) is 0 Å². The molecule has 0 aliphatic rings. The van der Waals surface area contributed by atoms with E-state index >= 15 is 0 Å². The van der Waals surface area contributed by atoms with Crippen molar-refractivity contribution >= 4 is 0 Å². The van der Waals surface area contributed by atoms with Crippen LogP contribution in [0.25, 0.3) is 0 Å². The smallest absolute Gasteiger partial charge is 0.000449 e. The van der Waals surface area contributed by atoms with Crippen molar-refractivity contribution in [2.24, 2.45) is 11.8 Å². The van der Waals surface area contributed by atoms with Crippen LogP contribution in [0.1, 0.15) is 137 Å². The molecule has 0 radical (unpaired) electrons. The first-order valence-corrected chi connectivity index (χ1v) is 12.8. The van der Waals surface area contributed by atoms with Gasteiger partial charge in [0.25, 0.3) is 0 Å². The zero-order valence-corrected chi connectivity index (χ0v) is 20.0. The van der Waals surface area contributed by atoms with Crippen molar-refractivity contribution in [3.63, 3.8) is 0 Å². The normalized spacial score (nSPS) is 12.0. The quantitative estimate of drug-likeness (QED) is 0.179. The maximum Gasteiger partial charge on any atom is 0.000449 e. The van der Waals surface area contributed by atoms with Gasteiger partial charge in [0.05, 0.1) is 0 Å². The summed E-state index contributed by atoms with van der Waals surface area (Å²) in [7, 11) is 0. The van der Waals surface area contributed by atoms with Crippen LogP contribution < -0.4 is 0 Å². The van der Waals surface area contributed by atoms with E-state index in [1.54, 1.807) is 0 Å². The van der Waals surface area contributed by atoms with E-state index in [0.717, 1.165) is 11.8 Å². The number of hydrogen-bond acceptors (Lipinski definition) is 1. The highest BCUT2D eigenvalue weighted by atomic mass is 15.1. The summed E-state index contributed by atoms with van der Waals surface area (Å²) in [6.45, 7) is 15.6. The highest BCUT2D eigenvalue weighted by Crippen LogP contribution is 2.14. The van der Waals surface area contributed by atoms with Crippen LogP contribution in [-0.2, 0) is 0 Å². The van der Waals surface area contributed by atoms with Crippen molar-refractivity contribution in [2.45, 2.75) is 137 Å². The average Bonchev–Trinajstić information content (AvgIpc) is 2.60. The van der Waals surface area contributed by atoms with Gasteiger partial charge in [0.1, 0.15) is 0 Å². The van der Waals surface area contributed by atoms with E-state index in [-0.39, 0.29) is 0 Å². The molecule has 0 aromatic heterocycles. The molecule has 0 aliphatic heterocycles. The van der Waals surface area contributed by atoms with Crippen LogP contribution in [0.2, 0.25) is 0 Å². The summed E-state index contributed by atoms with van der Waals surface area (Å²) in [6, 6.07) is 0. The standard InChI is InChI=1S/C26H55N/c1-6-7-8-9-10-11-12-13-14-15-16-17-18-19-20-21-22-27(23-25(2)3)24-26(4)5/h25-26H,6-24H2,1-5H3. The number of rotatable bonds is 21. The molecule has 0 aromatic rings. The van der Waals surface area contributed by atoms with Crippen LogP contribution in [-0.4, -0.2) is 24.5 Å². The first-order chi connectivity index (χ1) is 13.1. The summed E-state index contributed by atoms with van der Waals surface area (Å²) >= 11 is 0. The largest absolute Gasteiger partial charge is 0.303 e. The van der Waals surface area contributed by atoms with Crippen LogP contribution in [0, 0.1) is 11.8 Å². The third-order valence-corrected chi connectivity index (χ3v) is 5.57. The Bertz CT molecular complexity index is 261. The van der Waals surface area contributed by atoms with E-state index in [9.17, 15) is 0 Å². The van der Waals surface area contributed by atoms with Crippen LogP contribution in [0.3, 0.4) is 0 Å². The Morgan fingerprint density at radius 2 is 0.741 bits per heavy atom. The maximum atomic E-state index is 2.69. The molecule has 1 heteroatoms. The van der Waals surface area contributed by atoms with E-state index in [4.69, 9.17) is 0 Å². The molecule has 0 saturated carbocycles. The van der Waals surface area contributed by atoms with Gasteiger partial charge in [0, 0.05) is 13.1 Å². The van der Waals surface area contributed by atoms with E-state index in [1.807, 2.05) is 0 Å². The Balaban J connectivity index is 3.30. The van der Waals surface area contributed by atoms with Gasteiger partial charge in [0.2, 0.25) is 0 Å². The molecule has 0 N–H and O–H groups in total. The minimum absolute atomic E-state index is 0.796. The predicted molar refractivity (Wildman–Crippen MR) is 126 cm³/mol. The van der Waals surface area contributed by atoms with Gasteiger partial charge >= 0.3 is 0 Å². The Hall–Kier alpha value is -0.0400. The van der Waals surface area contributed by atoms with Crippen molar-refractivity contribution in [3.8, 4) is 0 Å². The zero-order chi connectivity index (χ0) is 20.2. The van der Waals surface area contributed by atoms with Crippen LogP contribution in [0.4, 0.5) is 0 Å². The van der Waals surface area contributed by atoms with Crippen molar-refractivity contribution in [2.75, 3.05) is 19.6 Å². The van der Waals surface area contributed by atoms with Gasteiger partial charge < -0.3 is 4.90 Å². The third-order valence-electron chi connectivity index (χ3n) is 5.57. The molecule has 0 unspecified atom stereocenters. The van der Waals surface area contributed by atoms with E-state index < -0.39 is 0 Å². The molecule has 0 fully saturated rings. The van der Waals surface area contributed by atoms with Crippen LogP contribution in [0.5, 0.6) is 0 Å². The molecule has 164 valence electrons. The average molecular weight is 382 g/mol. The second kappa shape index (κ2) is 20.7. The van der Waals surface area contributed by atoms with Gasteiger partial charge in [-0.05, 0) is 24.8 Å². The summed E-state index contributed by atoms with van der Waals surface area (Å²) < 4.78 is 0. The zero-order valence-electron chi connectivity index (χ0n) is 20.0. The van der Waals surface area contributed by atoms with E-state index in [0.29, 0.717) is 0 Å². The summed E-state index contributed by atoms with van der Waals surface area (Å²) in [5.41, 5.74) is 0. The Labute approximate surface area is 174 Å². The lowest BCUT2D eigenvalue weighted by Crippen LogP contribution is -2.32. The summed E-state index contributed by atoms with van der Waals surface area (Å²) in [4.78, 5) is 2.69. The molecule has 0 heterocycles. The van der Waals surface area contributed by atoms with Crippen molar-refractivity contribution in [3.05, 3.63) is 0 Å². The fourth-order valence-electron chi connectivity index (χ4n) is 4.17. The fourth-order valence-corrected chi connectivity index (χ4v) is 4.17. The molecule has 0 bridgehead atoms. The van der Waals surface area contributed by atoms with Gasteiger partial charge in [-0.1, -0.05) is 131 Å². The lowest BCUT2D eigenvalue weighted by atomic mass is 10.0. The summed E-state index contributed by atoms with van der Waals surface area (Å²) in [6.07, 6.45) is 23.3. The number of hydrogen-bond donors (Lipinski definition) is 0. The second-order valence-corrected chi connectivity index (χ2v) is 9.85. The van der Waals surface area contributed by atoms with Crippen LogP contribution in [0.15, 0.2) is 0 Å². The lowest BCUT2D eigenvalue weighted by molar-refractivity contribution is 0.215. The number of nitrogens with zero attached hydrogens (tertiary/aromatic N) is 1. The van der Waals surface area contributed by atoms with Crippen molar-refractivity contribution in [1.82, 2.24) is 4.90 Å². The molecule has 0 saturated heterocycles. The molecule has 0 rings (SSSR count). The number of unbranched alkanes of at least 4 members (excludes halogenated alkanes) is 15. The van der Waals surface area contributed by atoms with Crippen molar-refractivity contribution in [1.29, 1.82) is 0 Å². The second-order valence-electron chi connectivity index (χ2n) is 9.85. The first kappa shape index (κ1) is 27.0. The summed E-state index contributed by atoms with van der Waals surface area (Å²) in [5, 5.41) is 0. The molecule has 0 spiro atoms. The molecule has 0 amide bonds. The monoisotopic (exact) mass is 381 g/mol. The van der Waals surface area contributed by atoms with Gasteiger partial charge in [0.15, 0.2) is 0 Å². The first-order valence-electron chi connectivity index (χ1n) is 12.8.